The third kappa shape index (κ3) is 15.0. The van der Waals surface area contributed by atoms with Crippen LogP contribution in [0.1, 0.15) is 122 Å². The van der Waals surface area contributed by atoms with Crippen LogP contribution in [0.3, 0.4) is 0 Å². The van der Waals surface area contributed by atoms with Gasteiger partial charge in [-0.2, -0.15) is 0 Å². The largest absolute Gasteiger partial charge is 0.459 e. The van der Waals surface area contributed by atoms with Crippen molar-refractivity contribution >= 4 is 5.97 Å². The normalized spacial score (nSPS) is 40.7. The lowest BCUT2D eigenvalue weighted by atomic mass is 9.80. The van der Waals surface area contributed by atoms with Gasteiger partial charge in [0, 0.05) is 51.5 Å². The number of aliphatic hydroxyl groups excluding tert-OH is 3. The van der Waals surface area contributed by atoms with Crippen LogP contribution in [0.25, 0.3) is 0 Å². The van der Waals surface area contributed by atoms with E-state index in [0.717, 1.165) is 25.5 Å². The summed E-state index contributed by atoms with van der Waals surface area (Å²) in [6.07, 6.45) is -2.45. The first-order valence-electron chi connectivity index (χ1n) is 20.4. The van der Waals surface area contributed by atoms with E-state index >= 15 is 0 Å². The monoisotopic (exact) mass is 763 g/mol. The molecule has 0 aliphatic carbocycles. The van der Waals surface area contributed by atoms with E-state index in [-0.39, 0.29) is 29.8 Å². The number of hydrogen-bond acceptors (Lipinski definition) is 12. The maximum Gasteiger partial charge on any atom is 0.311 e. The molecule has 0 aromatic rings. The minimum Gasteiger partial charge on any atom is -0.459 e. The van der Waals surface area contributed by atoms with Crippen LogP contribution in [0.15, 0.2) is 12.2 Å². The minimum atomic E-state index is -1.73. The molecular formula is C41H82N2O10. The molecule has 3 rings (SSSR count). The molecule has 12 heteroatoms. The Morgan fingerprint density at radius 2 is 1.53 bits per heavy atom. The van der Waals surface area contributed by atoms with E-state index in [0.29, 0.717) is 45.5 Å². The fourth-order valence-corrected chi connectivity index (χ4v) is 7.95. The molecule has 0 aromatic heterocycles. The third-order valence-corrected chi connectivity index (χ3v) is 10.9. The maximum atomic E-state index is 14.0. The lowest BCUT2D eigenvalue weighted by Gasteiger charge is -2.43. The molecule has 3 saturated heterocycles. The van der Waals surface area contributed by atoms with Crippen molar-refractivity contribution in [1.82, 2.24) is 4.90 Å². The molecule has 6 unspecified atom stereocenters. The fraction of sp³-hybridized carbons (Fsp3) is 0.927. The Kier molecular flexibility index (Phi) is 25.3. The SMILES string of the molecule is C=C1CCOC(O[C@@H]2[C@@H](C)[C@H](O[C@H]3CC(C)[C@@H](O)C(C)O3)C(C)C(=O)O[C@H](CC)[C@@](C)(O)C(O)C(C)N(CCN)C[C@H](C)C[C@@H]2C)C1.CC.CC.CO. The van der Waals surface area contributed by atoms with Crippen LogP contribution < -0.4 is 5.73 Å². The number of nitrogens with two attached hydrogens (primary N) is 1. The third-order valence-electron chi connectivity index (χ3n) is 10.9. The van der Waals surface area contributed by atoms with Gasteiger partial charge in [-0.1, -0.05) is 74.5 Å². The van der Waals surface area contributed by atoms with Gasteiger partial charge in [0.2, 0.25) is 0 Å². The van der Waals surface area contributed by atoms with Crippen molar-refractivity contribution in [2.45, 2.75) is 183 Å². The number of carbonyl (C=O) groups is 1. The van der Waals surface area contributed by atoms with Crippen molar-refractivity contribution in [1.29, 1.82) is 0 Å². The summed E-state index contributed by atoms with van der Waals surface area (Å²) in [6, 6.07) is -0.451. The van der Waals surface area contributed by atoms with Crippen molar-refractivity contribution in [2.24, 2.45) is 35.3 Å². The molecule has 6 N–H and O–H groups in total. The molecule has 53 heavy (non-hydrogen) atoms. The first-order chi connectivity index (χ1) is 25.0. The smallest absolute Gasteiger partial charge is 0.311 e. The van der Waals surface area contributed by atoms with Crippen LogP contribution >= 0.6 is 0 Å². The van der Waals surface area contributed by atoms with Gasteiger partial charge in [-0.15, -0.1) is 0 Å². The van der Waals surface area contributed by atoms with Gasteiger partial charge in [0.1, 0.15) is 17.8 Å². The Hall–Kier alpha value is -1.19. The van der Waals surface area contributed by atoms with Crippen molar-refractivity contribution in [3.8, 4) is 0 Å². The summed E-state index contributed by atoms with van der Waals surface area (Å²) in [5.41, 5.74) is 5.37. The predicted molar refractivity (Wildman–Crippen MR) is 211 cm³/mol. The highest BCUT2D eigenvalue weighted by molar-refractivity contribution is 5.73. The highest BCUT2D eigenvalue weighted by Gasteiger charge is 2.48. The van der Waals surface area contributed by atoms with Crippen molar-refractivity contribution in [2.75, 3.05) is 33.4 Å². The number of hydrogen-bond donors (Lipinski definition) is 5. The number of nitrogens with zero attached hydrogens (tertiary/aromatic N) is 1. The minimum absolute atomic E-state index is 0.0247. The van der Waals surface area contributed by atoms with Crippen molar-refractivity contribution in [3.05, 3.63) is 12.2 Å². The highest BCUT2D eigenvalue weighted by atomic mass is 16.7. The van der Waals surface area contributed by atoms with Gasteiger partial charge >= 0.3 is 5.97 Å². The summed E-state index contributed by atoms with van der Waals surface area (Å²) in [5.74, 6) is -1.48. The summed E-state index contributed by atoms with van der Waals surface area (Å²) in [4.78, 5) is 16.2. The first-order valence-corrected chi connectivity index (χ1v) is 20.4. The molecule has 3 aliphatic heterocycles. The van der Waals surface area contributed by atoms with E-state index in [9.17, 15) is 20.1 Å². The van der Waals surface area contributed by atoms with E-state index < -0.39 is 66.6 Å². The van der Waals surface area contributed by atoms with Crippen molar-refractivity contribution < 1.29 is 48.9 Å². The lowest BCUT2D eigenvalue weighted by Crippen LogP contribution is -2.60. The van der Waals surface area contributed by atoms with E-state index in [1.165, 1.54) is 6.92 Å². The van der Waals surface area contributed by atoms with E-state index in [1.54, 1.807) is 6.92 Å². The predicted octanol–water partition coefficient (Wildman–Crippen LogP) is 5.27. The summed E-state index contributed by atoms with van der Waals surface area (Å²) in [6.45, 7) is 31.5. The molecule has 3 aliphatic rings. The molecule has 0 spiro atoms. The zero-order valence-corrected chi connectivity index (χ0v) is 35.9. The zero-order valence-electron chi connectivity index (χ0n) is 35.9. The number of carbonyl (C=O) groups excluding carboxylic acids is 1. The Bertz CT molecular complexity index is 990. The molecule has 0 aromatic carbocycles. The van der Waals surface area contributed by atoms with Gasteiger partial charge < -0.3 is 49.8 Å². The summed E-state index contributed by atoms with van der Waals surface area (Å²) in [5, 5.41) is 40.9. The average molecular weight is 763 g/mol. The quantitative estimate of drug-likeness (QED) is 0.168. The van der Waals surface area contributed by atoms with Gasteiger partial charge in [0.05, 0.1) is 36.9 Å². The van der Waals surface area contributed by atoms with Crippen molar-refractivity contribution in [3.63, 3.8) is 0 Å². The first kappa shape index (κ1) is 51.8. The summed E-state index contributed by atoms with van der Waals surface area (Å²) in [7, 11) is 1.00. The lowest BCUT2D eigenvalue weighted by molar-refractivity contribution is -0.273. The number of rotatable bonds is 7. The number of ether oxygens (including phenoxy) is 5. The van der Waals surface area contributed by atoms with Gasteiger partial charge in [-0.25, -0.2) is 0 Å². The molecule has 316 valence electrons. The molecular weight excluding hydrogens is 680 g/mol. The Morgan fingerprint density at radius 1 is 0.943 bits per heavy atom. The Balaban J connectivity index is 0.00000428. The zero-order chi connectivity index (χ0) is 41.2. The Labute approximate surface area is 323 Å². The molecule has 0 bridgehead atoms. The van der Waals surface area contributed by atoms with Crippen LogP contribution in [0.2, 0.25) is 0 Å². The Morgan fingerprint density at radius 3 is 2.06 bits per heavy atom. The van der Waals surface area contributed by atoms with Gasteiger partial charge in [0.25, 0.3) is 0 Å². The second-order valence-electron chi connectivity index (χ2n) is 15.2. The molecule has 3 heterocycles. The van der Waals surface area contributed by atoms with E-state index in [1.807, 2.05) is 62.3 Å². The molecule has 15 atom stereocenters. The van der Waals surface area contributed by atoms with E-state index in [2.05, 4.69) is 25.3 Å². The van der Waals surface area contributed by atoms with Crippen LogP contribution in [-0.2, 0) is 28.5 Å². The second-order valence-corrected chi connectivity index (χ2v) is 15.2. The number of cyclic esters (lactones) is 1. The average Bonchev–Trinajstić information content (AvgIpc) is 3.14. The van der Waals surface area contributed by atoms with Crippen LogP contribution in [-0.4, -0.2) is 125 Å². The van der Waals surface area contributed by atoms with Crippen LogP contribution in [0, 0.1) is 29.6 Å². The molecule has 0 amide bonds. The van der Waals surface area contributed by atoms with Gasteiger partial charge in [-0.05, 0) is 64.7 Å². The molecule has 12 nitrogen and oxygen atoms in total. The standard InChI is InChI=1S/C36H66N2O9.2C2H6.CH4O/c1-11-28-36(10,42)34(40)26(8)38(14-13-37)19-21(3)16-23(5)32(46-29-17-20(2)12-15-43-29)24(6)33(25(7)35(41)45-28)47-30-18-22(4)31(39)27(9)44-30;3*1-2/h21-34,39-40,42H,2,11-19,37H2,1,3-10H3;2*1-2H3;2H,1H3/t21-,22?,23+,24-,25?,26?,27?,28-,29?,30+,31-,32+,33+,34?,36-;;;/m1.../s1. The van der Waals surface area contributed by atoms with E-state index in [4.69, 9.17) is 34.5 Å². The maximum absolute atomic E-state index is 14.0. The molecule has 0 saturated carbocycles. The van der Waals surface area contributed by atoms with Crippen LogP contribution in [0.4, 0.5) is 0 Å². The fourth-order valence-electron chi connectivity index (χ4n) is 7.95. The highest BCUT2D eigenvalue weighted by Crippen LogP contribution is 2.37. The summed E-state index contributed by atoms with van der Waals surface area (Å²) >= 11 is 0. The molecule has 3 fully saturated rings. The second kappa shape index (κ2) is 25.9. The van der Waals surface area contributed by atoms with Crippen LogP contribution in [0.5, 0.6) is 0 Å². The number of aliphatic hydroxyl groups is 4. The summed E-state index contributed by atoms with van der Waals surface area (Å²) < 4.78 is 31.8. The van der Waals surface area contributed by atoms with Gasteiger partial charge in [-0.3, -0.25) is 9.69 Å². The molecule has 0 radical (unpaired) electrons. The van der Waals surface area contributed by atoms with Gasteiger partial charge in [0.15, 0.2) is 12.6 Å². The topological polar surface area (TPSA) is 173 Å². The number of esters is 1.